The van der Waals surface area contributed by atoms with Crippen molar-refractivity contribution in [3.8, 4) is 0 Å². The van der Waals surface area contributed by atoms with Crippen LogP contribution in [0.25, 0.3) is 0 Å². The molecule has 0 amide bonds. The van der Waals surface area contributed by atoms with Crippen molar-refractivity contribution in [2.24, 2.45) is 5.73 Å². The van der Waals surface area contributed by atoms with Crippen molar-refractivity contribution in [3.63, 3.8) is 0 Å². The predicted molar refractivity (Wildman–Crippen MR) is 66.2 cm³/mol. The van der Waals surface area contributed by atoms with Crippen molar-refractivity contribution in [1.29, 1.82) is 0 Å². The van der Waals surface area contributed by atoms with Crippen LogP contribution in [-0.4, -0.2) is 18.4 Å². The van der Waals surface area contributed by atoms with Gasteiger partial charge in [0.2, 0.25) is 0 Å². The SMILES string of the molecule is C/C(=C\C(=O)c1ccccc1)NCC(C)N. The molecule has 1 atom stereocenters. The maximum Gasteiger partial charge on any atom is 0.187 e. The summed E-state index contributed by atoms with van der Waals surface area (Å²) < 4.78 is 0. The average Bonchev–Trinajstić information content (AvgIpc) is 2.27. The van der Waals surface area contributed by atoms with E-state index in [-0.39, 0.29) is 11.8 Å². The third-order valence-electron chi connectivity index (χ3n) is 2.11. The minimum absolute atomic E-state index is 0.00951. The number of carbonyl (C=O) groups is 1. The Balaban J connectivity index is 2.59. The molecule has 0 bridgehead atoms. The first-order chi connectivity index (χ1) is 7.59. The van der Waals surface area contributed by atoms with Gasteiger partial charge in [-0.05, 0) is 13.8 Å². The fraction of sp³-hybridized carbons (Fsp3) is 0.308. The number of nitrogens with one attached hydrogen (secondary N) is 1. The van der Waals surface area contributed by atoms with E-state index < -0.39 is 0 Å². The first-order valence-electron chi connectivity index (χ1n) is 5.36. The van der Waals surface area contributed by atoms with Crippen LogP contribution in [0.4, 0.5) is 0 Å². The molecule has 1 aromatic carbocycles. The summed E-state index contributed by atoms with van der Waals surface area (Å²) in [7, 11) is 0. The van der Waals surface area contributed by atoms with Crippen LogP contribution in [0.15, 0.2) is 42.1 Å². The Morgan fingerprint density at radius 1 is 1.44 bits per heavy atom. The molecule has 1 unspecified atom stereocenters. The Labute approximate surface area is 96.3 Å². The molecule has 16 heavy (non-hydrogen) atoms. The zero-order valence-corrected chi connectivity index (χ0v) is 9.73. The highest BCUT2D eigenvalue weighted by Crippen LogP contribution is 2.02. The number of benzene rings is 1. The number of carbonyl (C=O) groups excluding carboxylic acids is 1. The van der Waals surface area contributed by atoms with Crippen LogP contribution in [-0.2, 0) is 0 Å². The predicted octanol–water partition coefficient (Wildman–Crippen LogP) is 1.71. The summed E-state index contributed by atoms with van der Waals surface area (Å²) in [4.78, 5) is 11.8. The Bertz CT molecular complexity index is 369. The Hall–Kier alpha value is -1.61. The van der Waals surface area contributed by atoms with Crippen LogP contribution in [0.1, 0.15) is 24.2 Å². The molecule has 3 N–H and O–H groups in total. The summed E-state index contributed by atoms with van der Waals surface area (Å²) in [5.74, 6) is 0.00951. The van der Waals surface area contributed by atoms with Gasteiger partial charge in [0.15, 0.2) is 5.78 Å². The maximum atomic E-state index is 11.8. The molecule has 1 rings (SSSR count). The van der Waals surface area contributed by atoms with Crippen LogP contribution in [0.2, 0.25) is 0 Å². The van der Waals surface area contributed by atoms with Gasteiger partial charge in [-0.25, -0.2) is 0 Å². The molecule has 3 nitrogen and oxygen atoms in total. The Kier molecular flexibility index (Phi) is 4.73. The van der Waals surface area contributed by atoms with Crippen molar-refractivity contribution in [2.75, 3.05) is 6.54 Å². The summed E-state index contributed by atoms with van der Waals surface area (Å²) >= 11 is 0. The molecule has 3 heteroatoms. The first-order valence-corrected chi connectivity index (χ1v) is 5.36. The van der Waals surface area contributed by atoms with Crippen LogP contribution in [0.3, 0.4) is 0 Å². The van der Waals surface area contributed by atoms with Gasteiger partial charge in [0.05, 0.1) is 0 Å². The van der Waals surface area contributed by atoms with Gasteiger partial charge < -0.3 is 11.1 Å². The van der Waals surface area contributed by atoms with E-state index in [2.05, 4.69) is 5.32 Å². The highest BCUT2D eigenvalue weighted by molar-refractivity contribution is 6.04. The van der Waals surface area contributed by atoms with Gasteiger partial charge in [0.1, 0.15) is 0 Å². The van der Waals surface area contributed by atoms with Crippen LogP contribution >= 0.6 is 0 Å². The van der Waals surface area contributed by atoms with Crippen molar-refractivity contribution in [3.05, 3.63) is 47.7 Å². The number of hydrogen-bond acceptors (Lipinski definition) is 3. The molecule has 86 valence electrons. The highest BCUT2D eigenvalue weighted by atomic mass is 16.1. The molecule has 0 heterocycles. The average molecular weight is 218 g/mol. The number of allylic oxidation sites excluding steroid dienone is 2. The smallest absolute Gasteiger partial charge is 0.187 e. The number of hydrogen-bond donors (Lipinski definition) is 2. The zero-order chi connectivity index (χ0) is 12.0. The minimum atomic E-state index is 0.00951. The van der Waals surface area contributed by atoms with E-state index in [1.54, 1.807) is 18.2 Å². The molecule has 0 saturated heterocycles. The van der Waals surface area contributed by atoms with Gasteiger partial charge >= 0.3 is 0 Å². The highest BCUT2D eigenvalue weighted by Gasteiger charge is 2.01. The monoisotopic (exact) mass is 218 g/mol. The molecule has 0 aliphatic heterocycles. The van der Waals surface area contributed by atoms with Crippen LogP contribution < -0.4 is 11.1 Å². The standard InChI is InChI=1S/C13H18N2O/c1-10(14)9-15-11(2)8-13(16)12-6-4-3-5-7-12/h3-8,10,15H,9,14H2,1-2H3/b11-8+. The van der Waals surface area contributed by atoms with E-state index in [1.165, 1.54) is 0 Å². The van der Waals surface area contributed by atoms with Crippen molar-refractivity contribution in [1.82, 2.24) is 5.32 Å². The molecule has 1 aromatic rings. The molecule has 0 aliphatic rings. The summed E-state index contributed by atoms with van der Waals surface area (Å²) in [6.45, 7) is 4.45. The fourth-order valence-corrected chi connectivity index (χ4v) is 1.26. The van der Waals surface area contributed by atoms with E-state index in [4.69, 9.17) is 5.73 Å². The molecule has 0 saturated carbocycles. The summed E-state index contributed by atoms with van der Waals surface area (Å²) in [5, 5.41) is 3.10. The summed E-state index contributed by atoms with van der Waals surface area (Å²) in [6.07, 6.45) is 1.59. The zero-order valence-electron chi connectivity index (χ0n) is 9.73. The van der Waals surface area contributed by atoms with E-state index in [0.717, 1.165) is 5.70 Å². The second-order valence-electron chi connectivity index (χ2n) is 3.92. The fourth-order valence-electron chi connectivity index (χ4n) is 1.26. The molecule has 0 spiro atoms. The molecule has 0 aromatic heterocycles. The minimum Gasteiger partial charge on any atom is -0.387 e. The van der Waals surface area contributed by atoms with Crippen molar-refractivity contribution < 1.29 is 4.79 Å². The van der Waals surface area contributed by atoms with Crippen molar-refractivity contribution in [2.45, 2.75) is 19.9 Å². The second-order valence-corrected chi connectivity index (χ2v) is 3.92. The Morgan fingerprint density at radius 3 is 2.62 bits per heavy atom. The van der Waals surface area contributed by atoms with Gasteiger partial charge in [0.25, 0.3) is 0 Å². The molecular formula is C13H18N2O. The van der Waals surface area contributed by atoms with Crippen LogP contribution in [0.5, 0.6) is 0 Å². The molecule has 0 fully saturated rings. The number of rotatable bonds is 5. The number of ketones is 1. The molecule has 0 radical (unpaired) electrons. The van der Waals surface area contributed by atoms with E-state index >= 15 is 0 Å². The maximum absolute atomic E-state index is 11.8. The number of nitrogens with two attached hydrogens (primary N) is 1. The van der Waals surface area contributed by atoms with Gasteiger partial charge in [-0.3, -0.25) is 4.79 Å². The summed E-state index contributed by atoms with van der Waals surface area (Å²) in [5.41, 5.74) is 7.15. The third kappa shape index (κ3) is 4.28. The van der Waals surface area contributed by atoms with Gasteiger partial charge in [-0.15, -0.1) is 0 Å². The summed E-state index contributed by atoms with van der Waals surface area (Å²) in [6, 6.07) is 9.28. The third-order valence-corrected chi connectivity index (χ3v) is 2.11. The van der Waals surface area contributed by atoms with E-state index in [0.29, 0.717) is 12.1 Å². The molecule has 0 aliphatic carbocycles. The second kappa shape index (κ2) is 6.08. The normalized spacial score (nSPS) is 13.3. The first kappa shape index (κ1) is 12.5. The quantitative estimate of drug-likeness (QED) is 0.584. The van der Waals surface area contributed by atoms with Crippen LogP contribution in [0, 0.1) is 0 Å². The van der Waals surface area contributed by atoms with Gasteiger partial charge in [-0.2, -0.15) is 0 Å². The Morgan fingerprint density at radius 2 is 2.06 bits per heavy atom. The lowest BCUT2D eigenvalue weighted by Crippen LogP contribution is -2.30. The van der Waals surface area contributed by atoms with Gasteiger partial charge in [0, 0.05) is 29.9 Å². The van der Waals surface area contributed by atoms with Gasteiger partial charge in [-0.1, -0.05) is 30.3 Å². The van der Waals surface area contributed by atoms with E-state index in [1.807, 2.05) is 32.0 Å². The lowest BCUT2D eigenvalue weighted by molar-refractivity contribution is 0.104. The topological polar surface area (TPSA) is 55.1 Å². The lowest BCUT2D eigenvalue weighted by Gasteiger charge is -2.08. The largest absolute Gasteiger partial charge is 0.387 e. The van der Waals surface area contributed by atoms with E-state index in [9.17, 15) is 4.79 Å². The van der Waals surface area contributed by atoms with Crippen molar-refractivity contribution >= 4 is 5.78 Å². The lowest BCUT2D eigenvalue weighted by atomic mass is 10.1. The molecular weight excluding hydrogens is 200 g/mol.